The summed E-state index contributed by atoms with van der Waals surface area (Å²) in [5, 5.41) is 7.60. The predicted octanol–water partition coefficient (Wildman–Crippen LogP) is 4.97. The fourth-order valence-corrected chi connectivity index (χ4v) is 4.75. The van der Waals surface area contributed by atoms with Crippen molar-refractivity contribution in [1.82, 2.24) is 10.7 Å². The fourth-order valence-electron chi connectivity index (χ4n) is 3.32. The smallest absolute Gasteiger partial charge is 0.343 e. The lowest BCUT2D eigenvalue weighted by Crippen LogP contribution is -2.34. The van der Waals surface area contributed by atoms with Crippen molar-refractivity contribution >= 4 is 57.0 Å². The summed E-state index contributed by atoms with van der Waals surface area (Å²) in [7, 11) is 1.45. The van der Waals surface area contributed by atoms with Crippen LogP contribution in [0.1, 0.15) is 31.2 Å². The molecule has 3 aromatic carbocycles. The summed E-state index contributed by atoms with van der Waals surface area (Å²) in [6.07, 6.45) is 1.40. The second-order valence-corrected chi connectivity index (χ2v) is 9.31. The number of amides is 2. The summed E-state index contributed by atoms with van der Waals surface area (Å²) in [6, 6.07) is 19.3. The van der Waals surface area contributed by atoms with Crippen molar-refractivity contribution in [2.75, 3.05) is 13.7 Å². The van der Waals surface area contributed by atoms with Crippen molar-refractivity contribution in [3.8, 4) is 11.5 Å². The largest absolute Gasteiger partial charge is 0.493 e. The van der Waals surface area contributed by atoms with E-state index >= 15 is 0 Å². The Labute approximate surface area is 221 Å². The van der Waals surface area contributed by atoms with Crippen molar-refractivity contribution in [1.29, 1.82) is 0 Å². The second kappa shape index (κ2) is 11.7. The molecule has 0 aliphatic heterocycles. The van der Waals surface area contributed by atoms with Gasteiger partial charge in [-0.15, -0.1) is 11.3 Å². The molecule has 4 aromatic rings. The number of benzene rings is 3. The number of thiophene rings is 1. The number of esters is 1. The van der Waals surface area contributed by atoms with E-state index in [1.54, 1.807) is 30.3 Å². The lowest BCUT2D eigenvalue weighted by molar-refractivity contribution is -0.120. The molecule has 188 valence electrons. The van der Waals surface area contributed by atoms with E-state index in [1.165, 1.54) is 24.7 Å². The van der Waals surface area contributed by atoms with Gasteiger partial charge in [-0.1, -0.05) is 47.5 Å². The van der Waals surface area contributed by atoms with Crippen LogP contribution in [0.15, 0.2) is 71.8 Å². The Balaban J connectivity index is 1.31. The van der Waals surface area contributed by atoms with Crippen LogP contribution >= 0.6 is 22.9 Å². The molecule has 0 aliphatic carbocycles. The number of fused-ring (bicyclic) bond motifs is 1. The molecular weight excluding hydrogens is 514 g/mol. The minimum atomic E-state index is -0.516. The molecule has 0 radical (unpaired) electrons. The molecule has 0 saturated heterocycles. The van der Waals surface area contributed by atoms with Crippen LogP contribution in [0.2, 0.25) is 5.02 Å². The highest BCUT2D eigenvalue weighted by molar-refractivity contribution is 7.21. The zero-order valence-electron chi connectivity index (χ0n) is 19.9. The average Bonchev–Trinajstić information content (AvgIpc) is 3.25. The number of ether oxygens (including phenoxy) is 2. The third-order valence-corrected chi connectivity index (χ3v) is 6.91. The Morgan fingerprint density at radius 1 is 1.03 bits per heavy atom. The van der Waals surface area contributed by atoms with Gasteiger partial charge in [-0.05, 0) is 48.9 Å². The number of nitrogens with one attached hydrogen (secondary N) is 2. The van der Waals surface area contributed by atoms with Crippen LogP contribution < -0.4 is 20.2 Å². The van der Waals surface area contributed by atoms with E-state index in [0.29, 0.717) is 26.8 Å². The number of hydrogen-bond donors (Lipinski definition) is 2. The maximum Gasteiger partial charge on any atom is 0.343 e. The molecule has 0 bridgehead atoms. The van der Waals surface area contributed by atoms with Crippen LogP contribution in [0.3, 0.4) is 0 Å². The highest BCUT2D eigenvalue weighted by Crippen LogP contribution is 2.35. The summed E-state index contributed by atoms with van der Waals surface area (Å²) in [4.78, 5) is 37.3. The van der Waals surface area contributed by atoms with Crippen molar-refractivity contribution in [2.45, 2.75) is 6.92 Å². The number of aryl methyl sites for hydroxylation is 1. The van der Waals surface area contributed by atoms with E-state index < -0.39 is 17.8 Å². The molecule has 0 fully saturated rings. The van der Waals surface area contributed by atoms with Gasteiger partial charge >= 0.3 is 5.97 Å². The summed E-state index contributed by atoms with van der Waals surface area (Å²) >= 11 is 7.56. The summed E-state index contributed by atoms with van der Waals surface area (Å²) in [5.74, 6) is -0.894. The Morgan fingerprint density at radius 2 is 1.78 bits per heavy atom. The van der Waals surface area contributed by atoms with Crippen molar-refractivity contribution in [3.63, 3.8) is 0 Å². The van der Waals surface area contributed by atoms with Crippen LogP contribution in [0.25, 0.3) is 10.1 Å². The molecule has 1 aromatic heterocycles. The van der Waals surface area contributed by atoms with Crippen LogP contribution in [0, 0.1) is 6.92 Å². The van der Waals surface area contributed by atoms with E-state index in [9.17, 15) is 14.4 Å². The standard InChI is InChI=1S/C27H22ClN3O5S/c1-16-7-10-18(11-8-16)27(34)36-20-12-9-17(13-21(20)35-2)14-30-31-23(32)15-29-26(33)25-24(28)19-5-3-4-6-22(19)37-25/h3-14H,15H2,1-2H3,(H,29,33)(H,31,32). The average molecular weight is 536 g/mol. The van der Waals surface area contributed by atoms with Gasteiger partial charge in [0.15, 0.2) is 11.5 Å². The van der Waals surface area contributed by atoms with Gasteiger partial charge in [-0.3, -0.25) is 9.59 Å². The molecule has 0 saturated carbocycles. The Kier molecular flexibility index (Phi) is 8.17. The van der Waals surface area contributed by atoms with Gasteiger partial charge in [-0.25, -0.2) is 10.2 Å². The van der Waals surface area contributed by atoms with E-state index in [4.69, 9.17) is 21.1 Å². The number of halogens is 1. The molecule has 8 nitrogen and oxygen atoms in total. The van der Waals surface area contributed by atoms with Crippen molar-refractivity contribution in [2.24, 2.45) is 5.10 Å². The normalized spacial score (nSPS) is 10.9. The predicted molar refractivity (Wildman–Crippen MR) is 144 cm³/mol. The molecular formula is C27H22ClN3O5S. The molecule has 0 spiro atoms. The van der Waals surface area contributed by atoms with Crippen LogP contribution in [0.4, 0.5) is 0 Å². The first kappa shape index (κ1) is 25.9. The fraction of sp³-hybridized carbons (Fsp3) is 0.111. The number of methoxy groups -OCH3 is 1. The molecule has 37 heavy (non-hydrogen) atoms. The molecule has 0 unspecified atom stereocenters. The molecule has 10 heteroatoms. The van der Waals surface area contributed by atoms with E-state index in [0.717, 1.165) is 15.6 Å². The third-order valence-electron chi connectivity index (χ3n) is 5.23. The van der Waals surface area contributed by atoms with Gasteiger partial charge in [-0.2, -0.15) is 5.10 Å². The molecule has 2 N–H and O–H groups in total. The minimum Gasteiger partial charge on any atom is -0.493 e. The van der Waals surface area contributed by atoms with Gasteiger partial charge in [0.25, 0.3) is 11.8 Å². The lowest BCUT2D eigenvalue weighted by atomic mass is 10.1. The van der Waals surface area contributed by atoms with E-state index in [-0.39, 0.29) is 12.3 Å². The van der Waals surface area contributed by atoms with Gasteiger partial charge < -0.3 is 14.8 Å². The van der Waals surface area contributed by atoms with Crippen LogP contribution in [0.5, 0.6) is 11.5 Å². The summed E-state index contributed by atoms with van der Waals surface area (Å²) in [6.45, 7) is 1.65. The maximum absolute atomic E-state index is 12.5. The quantitative estimate of drug-likeness (QED) is 0.143. The monoisotopic (exact) mass is 535 g/mol. The Morgan fingerprint density at radius 3 is 2.51 bits per heavy atom. The number of hydrogen-bond acceptors (Lipinski definition) is 7. The molecule has 0 aliphatic rings. The number of rotatable bonds is 8. The zero-order valence-corrected chi connectivity index (χ0v) is 21.5. The van der Waals surface area contributed by atoms with Gasteiger partial charge in [0.2, 0.25) is 0 Å². The second-order valence-electron chi connectivity index (χ2n) is 7.88. The molecule has 4 rings (SSSR count). The highest BCUT2D eigenvalue weighted by atomic mass is 35.5. The first-order chi connectivity index (χ1) is 17.9. The maximum atomic E-state index is 12.5. The Hall–Kier alpha value is -4.21. The topological polar surface area (TPSA) is 106 Å². The van der Waals surface area contributed by atoms with Gasteiger partial charge in [0.05, 0.1) is 30.5 Å². The number of nitrogens with zero attached hydrogens (tertiary/aromatic N) is 1. The summed E-state index contributed by atoms with van der Waals surface area (Å²) < 4.78 is 11.7. The van der Waals surface area contributed by atoms with Gasteiger partial charge in [0.1, 0.15) is 4.88 Å². The molecule has 2 amide bonds. The minimum absolute atomic E-state index is 0.247. The van der Waals surface area contributed by atoms with Gasteiger partial charge in [0, 0.05) is 10.1 Å². The number of carbonyl (C=O) groups excluding carboxylic acids is 3. The first-order valence-corrected chi connectivity index (χ1v) is 12.3. The summed E-state index contributed by atoms with van der Waals surface area (Å²) in [5.41, 5.74) is 4.39. The van der Waals surface area contributed by atoms with Crippen LogP contribution in [-0.4, -0.2) is 37.7 Å². The molecule has 0 atom stereocenters. The molecule has 1 heterocycles. The van der Waals surface area contributed by atoms with E-state index in [1.807, 2.05) is 43.3 Å². The highest BCUT2D eigenvalue weighted by Gasteiger charge is 2.17. The van der Waals surface area contributed by atoms with Crippen molar-refractivity contribution in [3.05, 3.63) is 93.3 Å². The lowest BCUT2D eigenvalue weighted by Gasteiger charge is -2.10. The first-order valence-electron chi connectivity index (χ1n) is 11.1. The number of hydrazone groups is 1. The van der Waals surface area contributed by atoms with Crippen LogP contribution in [-0.2, 0) is 4.79 Å². The third kappa shape index (κ3) is 6.32. The Bertz CT molecular complexity index is 1500. The van der Waals surface area contributed by atoms with Crippen molar-refractivity contribution < 1.29 is 23.9 Å². The SMILES string of the molecule is COc1cc(C=NNC(=O)CNC(=O)c2sc3ccccc3c2Cl)ccc1OC(=O)c1ccc(C)cc1. The number of carbonyl (C=O) groups is 3. The zero-order chi connectivity index (χ0) is 26.4. The van der Waals surface area contributed by atoms with E-state index in [2.05, 4.69) is 15.8 Å².